The van der Waals surface area contributed by atoms with Crippen LogP contribution < -0.4 is 5.56 Å². The molecule has 0 saturated heterocycles. The predicted octanol–water partition coefficient (Wildman–Crippen LogP) is -0.170. The Labute approximate surface area is 59.5 Å². The standard InChI is InChI=1S/C3H2N4O2S/c8-2-1-4-5-3(10)7(2)6-9/h1H,(H,5,10). The first-order valence-electron chi connectivity index (χ1n) is 2.26. The topological polar surface area (TPSA) is 80.1 Å². The second-order valence-electron chi connectivity index (χ2n) is 1.41. The second kappa shape index (κ2) is 2.48. The van der Waals surface area contributed by atoms with Crippen LogP contribution in [0.4, 0.5) is 0 Å². The second-order valence-corrected chi connectivity index (χ2v) is 1.79. The van der Waals surface area contributed by atoms with E-state index in [9.17, 15) is 9.70 Å². The van der Waals surface area contributed by atoms with Gasteiger partial charge in [-0.1, -0.05) is 0 Å². The van der Waals surface area contributed by atoms with Gasteiger partial charge in [0.25, 0.3) is 5.56 Å². The predicted molar refractivity (Wildman–Crippen MR) is 34.9 cm³/mol. The monoisotopic (exact) mass is 158 g/mol. The van der Waals surface area contributed by atoms with Crippen LogP contribution >= 0.6 is 12.2 Å². The molecule has 0 spiro atoms. The molecule has 0 bridgehead atoms. The summed E-state index contributed by atoms with van der Waals surface area (Å²) in [6.45, 7) is 0. The molecule has 1 rings (SSSR count). The Balaban J connectivity index is 3.61. The first-order chi connectivity index (χ1) is 4.75. The third kappa shape index (κ3) is 0.982. The molecule has 10 heavy (non-hydrogen) atoms. The zero-order valence-corrected chi connectivity index (χ0v) is 5.46. The number of nitrogens with zero attached hydrogens (tertiary/aromatic N) is 3. The van der Waals surface area contributed by atoms with Gasteiger partial charge in [0.1, 0.15) is 6.20 Å². The highest BCUT2D eigenvalue weighted by molar-refractivity contribution is 7.71. The quantitative estimate of drug-likeness (QED) is 0.454. The number of nitroso groups, excluding NO2 is 1. The maximum absolute atomic E-state index is 10.6. The van der Waals surface area contributed by atoms with Gasteiger partial charge in [0.2, 0.25) is 4.77 Å². The highest BCUT2D eigenvalue weighted by Gasteiger charge is 1.93. The summed E-state index contributed by atoms with van der Waals surface area (Å²) >= 11 is 4.49. The Hall–Kier alpha value is -1.37. The molecule has 0 atom stereocenters. The summed E-state index contributed by atoms with van der Waals surface area (Å²) < 4.78 is 0.394. The number of hydrogen-bond donors (Lipinski definition) is 1. The maximum atomic E-state index is 10.6. The molecule has 0 unspecified atom stereocenters. The fourth-order valence-corrected chi connectivity index (χ4v) is 0.598. The van der Waals surface area contributed by atoms with Crippen LogP contribution in [0, 0.1) is 9.68 Å². The normalized spacial score (nSPS) is 9.20. The van der Waals surface area contributed by atoms with Gasteiger partial charge in [-0.25, -0.2) is 0 Å². The minimum atomic E-state index is -0.640. The van der Waals surface area contributed by atoms with E-state index < -0.39 is 5.56 Å². The molecular formula is C3H2N4O2S. The van der Waals surface area contributed by atoms with E-state index in [4.69, 9.17) is 0 Å². The van der Waals surface area contributed by atoms with Gasteiger partial charge in [-0.05, 0) is 12.2 Å². The van der Waals surface area contributed by atoms with Crippen LogP contribution in [0.1, 0.15) is 0 Å². The van der Waals surface area contributed by atoms with Crippen molar-refractivity contribution in [2.45, 2.75) is 0 Å². The van der Waals surface area contributed by atoms with E-state index >= 15 is 0 Å². The molecular weight excluding hydrogens is 156 g/mol. The fraction of sp³-hybridized carbons (Fsp3) is 0. The van der Waals surface area contributed by atoms with E-state index in [0.29, 0.717) is 4.68 Å². The van der Waals surface area contributed by atoms with Crippen LogP contribution in [0.5, 0.6) is 0 Å². The lowest BCUT2D eigenvalue weighted by molar-refractivity contribution is 0.729. The van der Waals surface area contributed by atoms with Gasteiger partial charge in [0.05, 0.1) is 5.29 Å². The van der Waals surface area contributed by atoms with Gasteiger partial charge in [-0.3, -0.25) is 9.89 Å². The lowest BCUT2D eigenvalue weighted by Gasteiger charge is -1.87. The average Bonchev–Trinajstić information content (AvgIpc) is 1.88. The van der Waals surface area contributed by atoms with Crippen molar-refractivity contribution in [3.8, 4) is 0 Å². The van der Waals surface area contributed by atoms with Crippen molar-refractivity contribution in [1.29, 1.82) is 0 Å². The third-order valence-corrected chi connectivity index (χ3v) is 1.08. The molecule has 1 aromatic heterocycles. The van der Waals surface area contributed by atoms with Crippen molar-refractivity contribution in [2.24, 2.45) is 5.29 Å². The molecule has 6 nitrogen and oxygen atoms in total. The number of aromatic nitrogens is 3. The van der Waals surface area contributed by atoms with Crippen molar-refractivity contribution in [1.82, 2.24) is 14.9 Å². The van der Waals surface area contributed by atoms with Crippen LogP contribution in [0.25, 0.3) is 0 Å². The molecule has 52 valence electrons. The Morgan fingerprint density at radius 3 is 2.90 bits per heavy atom. The Kier molecular flexibility index (Phi) is 1.67. The van der Waals surface area contributed by atoms with Crippen molar-refractivity contribution in [3.63, 3.8) is 0 Å². The molecule has 7 heteroatoms. The number of aromatic amines is 1. The molecule has 0 aliphatic rings. The van der Waals surface area contributed by atoms with E-state index in [1.165, 1.54) is 0 Å². The Morgan fingerprint density at radius 2 is 2.50 bits per heavy atom. The smallest absolute Gasteiger partial charge is 0.265 e. The van der Waals surface area contributed by atoms with Gasteiger partial charge in [-0.15, -0.1) is 9.58 Å². The minimum absolute atomic E-state index is 0.109. The summed E-state index contributed by atoms with van der Waals surface area (Å²) in [5, 5.41) is 7.91. The molecule has 0 fully saturated rings. The summed E-state index contributed by atoms with van der Waals surface area (Å²) in [5.74, 6) is 0. The minimum Gasteiger partial charge on any atom is -0.265 e. The third-order valence-electron chi connectivity index (χ3n) is 0.818. The van der Waals surface area contributed by atoms with Crippen LogP contribution in [0.15, 0.2) is 16.3 Å². The first-order valence-corrected chi connectivity index (χ1v) is 2.67. The molecule has 0 amide bonds. The molecule has 1 N–H and O–H groups in total. The van der Waals surface area contributed by atoms with Gasteiger partial charge >= 0.3 is 0 Å². The molecule has 0 radical (unpaired) electrons. The van der Waals surface area contributed by atoms with Gasteiger partial charge < -0.3 is 0 Å². The van der Waals surface area contributed by atoms with E-state index in [0.717, 1.165) is 6.20 Å². The largest absolute Gasteiger partial charge is 0.296 e. The van der Waals surface area contributed by atoms with Crippen molar-refractivity contribution < 1.29 is 0 Å². The number of rotatable bonds is 1. The molecule has 0 aromatic carbocycles. The number of H-pyrrole nitrogens is 1. The summed E-state index contributed by atoms with van der Waals surface area (Å²) in [6, 6.07) is 0. The van der Waals surface area contributed by atoms with E-state index in [2.05, 4.69) is 27.7 Å². The van der Waals surface area contributed by atoms with E-state index in [1.54, 1.807) is 0 Å². The summed E-state index contributed by atoms with van der Waals surface area (Å²) in [6.07, 6.45) is 0.914. The maximum Gasteiger partial charge on any atom is 0.296 e. The van der Waals surface area contributed by atoms with Crippen LogP contribution in [0.2, 0.25) is 0 Å². The van der Waals surface area contributed by atoms with Gasteiger partial charge in [0, 0.05) is 0 Å². The Bertz CT molecular complexity index is 324. The molecule has 1 aromatic rings. The molecule has 0 aliphatic carbocycles. The average molecular weight is 158 g/mol. The lowest BCUT2D eigenvalue weighted by Crippen LogP contribution is -2.17. The van der Waals surface area contributed by atoms with Crippen molar-refractivity contribution >= 4 is 12.2 Å². The van der Waals surface area contributed by atoms with Crippen LogP contribution in [0.3, 0.4) is 0 Å². The molecule has 1 heterocycles. The summed E-state index contributed by atoms with van der Waals surface area (Å²) in [5.41, 5.74) is -0.640. The SMILES string of the molecule is O=Nn1c(=O)cn[nH]c1=S. The number of nitrogens with one attached hydrogen (secondary N) is 1. The van der Waals surface area contributed by atoms with Crippen LogP contribution in [-0.2, 0) is 0 Å². The first kappa shape index (κ1) is 6.75. The zero-order chi connectivity index (χ0) is 7.56. The fourth-order valence-electron chi connectivity index (χ4n) is 0.422. The van der Waals surface area contributed by atoms with E-state index in [-0.39, 0.29) is 4.77 Å². The van der Waals surface area contributed by atoms with Crippen molar-refractivity contribution in [3.05, 3.63) is 26.2 Å². The Morgan fingerprint density at radius 1 is 1.80 bits per heavy atom. The van der Waals surface area contributed by atoms with Crippen molar-refractivity contribution in [2.75, 3.05) is 0 Å². The van der Waals surface area contributed by atoms with E-state index in [1.807, 2.05) is 0 Å². The molecule has 0 aliphatic heterocycles. The van der Waals surface area contributed by atoms with Gasteiger partial charge in [-0.2, -0.15) is 5.10 Å². The number of hydrogen-bond acceptors (Lipinski definition) is 5. The van der Waals surface area contributed by atoms with Crippen LogP contribution in [-0.4, -0.2) is 14.9 Å². The highest BCUT2D eigenvalue weighted by Crippen LogP contribution is 1.76. The van der Waals surface area contributed by atoms with Gasteiger partial charge in [0.15, 0.2) is 0 Å². The summed E-state index contributed by atoms with van der Waals surface area (Å²) in [4.78, 5) is 20.4. The highest BCUT2D eigenvalue weighted by atomic mass is 32.1. The zero-order valence-electron chi connectivity index (χ0n) is 4.64. The molecule has 0 saturated carbocycles. The lowest BCUT2D eigenvalue weighted by atomic mass is 10.8. The summed E-state index contributed by atoms with van der Waals surface area (Å²) in [7, 11) is 0.